The first-order chi connectivity index (χ1) is 10.9. The molecule has 1 saturated heterocycles. The van der Waals surface area contributed by atoms with Crippen LogP contribution in [0.3, 0.4) is 0 Å². The number of nitrogens with zero attached hydrogens (tertiary/aromatic N) is 3. The second kappa shape index (κ2) is 6.33. The molecule has 0 aromatic carbocycles. The van der Waals surface area contributed by atoms with Gasteiger partial charge in [0.15, 0.2) is 0 Å². The van der Waals surface area contributed by atoms with Gasteiger partial charge >= 0.3 is 5.97 Å². The van der Waals surface area contributed by atoms with Crippen LogP contribution in [0.2, 0.25) is 5.28 Å². The summed E-state index contributed by atoms with van der Waals surface area (Å²) >= 11 is 6.07. The van der Waals surface area contributed by atoms with Crippen molar-refractivity contribution in [1.82, 2.24) is 9.97 Å². The van der Waals surface area contributed by atoms with Crippen LogP contribution in [0.5, 0.6) is 0 Å². The molecular formula is C14H18ClN3O4S. The summed E-state index contributed by atoms with van der Waals surface area (Å²) in [7, 11) is -1.52. The Morgan fingerprint density at radius 2 is 2.30 bits per heavy atom. The largest absolute Gasteiger partial charge is 0.481 e. The predicted molar refractivity (Wildman–Crippen MR) is 86.2 cm³/mol. The minimum Gasteiger partial charge on any atom is -0.481 e. The van der Waals surface area contributed by atoms with Gasteiger partial charge in [-0.1, -0.05) is 0 Å². The van der Waals surface area contributed by atoms with E-state index in [0.29, 0.717) is 44.1 Å². The van der Waals surface area contributed by atoms with Crippen molar-refractivity contribution in [3.8, 4) is 0 Å². The zero-order chi connectivity index (χ0) is 16.6. The predicted octanol–water partition coefficient (Wildman–Crippen LogP) is 1.18. The quantitative estimate of drug-likeness (QED) is 0.789. The number of carbonyl (C=O) groups is 1. The van der Waals surface area contributed by atoms with Crippen molar-refractivity contribution >= 4 is 34.2 Å². The third-order valence-electron chi connectivity index (χ3n) is 4.21. The van der Waals surface area contributed by atoms with Crippen molar-refractivity contribution in [2.75, 3.05) is 30.4 Å². The molecule has 1 aliphatic heterocycles. The van der Waals surface area contributed by atoms with E-state index in [4.69, 9.17) is 21.4 Å². The molecule has 2 atom stereocenters. The highest BCUT2D eigenvalue weighted by atomic mass is 35.5. The van der Waals surface area contributed by atoms with Gasteiger partial charge in [-0.2, -0.15) is 0 Å². The molecule has 2 heterocycles. The van der Waals surface area contributed by atoms with Crippen molar-refractivity contribution in [2.24, 2.45) is 0 Å². The number of aromatic nitrogens is 2. The van der Waals surface area contributed by atoms with E-state index >= 15 is 0 Å². The smallest absolute Gasteiger partial charge is 0.316 e. The van der Waals surface area contributed by atoms with Crippen molar-refractivity contribution in [3.63, 3.8) is 0 Å². The lowest BCUT2D eigenvalue weighted by molar-refractivity contribution is -0.134. The normalized spacial score (nSPS) is 24.3. The Balaban J connectivity index is 1.92. The second-order valence-corrected chi connectivity index (χ2v) is 7.97. The molecule has 1 N–H and O–H groups in total. The summed E-state index contributed by atoms with van der Waals surface area (Å²) in [6.07, 6.45) is 1.30. The number of hydrogen-bond acceptors (Lipinski definition) is 6. The van der Waals surface area contributed by atoms with E-state index in [1.54, 1.807) is 6.07 Å². The molecule has 0 spiro atoms. The number of hydrogen-bond donors (Lipinski definition) is 1. The highest BCUT2D eigenvalue weighted by Crippen LogP contribution is 2.51. The fourth-order valence-corrected chi connectivity index (χ4v) is 4.39. The number of carboxylic acid groups (broad SMARTS) is 1. The first-order valence-corrected chi connectivity index (χ1v) is 9.12. The van der Waals surface area contributed by atoms with Gasteiger partial charge < -0.3 is 14.7 Å². The first kappa shape index (κ1) is 16.6. The van der Waals surface area contributed by atoms with E-state index < -0.39 is 21.5 Å². The van der Waals surface area contributed by atoms with Crippen LogP contribution in [0.1, 0.15) is 25.5 Å². The Kier molecular flexibility index (Phi) is 4.57. The van der Waals surface area contributed by atoms with Gasteiger partial charge in [0, 0.05) is 23.4 Å². The minimum atomic E-state index is -1.52. The van der Waals surface area contributed by atoms with Gasteiger partial charge in [0.25, 0.3) is 0 Å². The molecule has 7 nitrogen and oxygen atoms in total. The molecule has 126 valence electrons. The molecule has 2 unspecified atom stereocenters. The summed E-state index contributed by atoms with van der Waals surface area (Å²) < 4.78 is 17.1. The number of ether oxygens (including phenoxy) is 1. The van der Waals surface area contributed by atoms with Crippen LogP contribution in [0.25, 0.3) is 0 Å². The molecule has 0 bridgehead atoms. The third kappa shape index (κ3) is 3.34. The van der Waals surface area contributed by atoms with Crippen LogP contribution in [-0.4, -0.2) is 56.8 Å². The number of carboxylic acids is 1. The molecule has 0 amide bonds. The maximum atomic E-state index is 12.4. The monoisotopic (exact) mass is 359 g/mol. The van der Waals surface area contributed by atoms with Gasteiger partial charge in [0.2, 0.25) is 5.28 Å². The number of anilines is 1. The SMILES string of the molecule is CC1COCCN1c1cc(C2(S(=O)CC(=O)O)CC2)nc(Cl)n1. The van der Waals surface area contributed by atoms with Crippen molar-refractivity contribution in [2.45, 2.75) is 30.6 Å². The lowest BCUT2D eigenvalue weighted by atomic mass is 10.2. The number of morpholine rings is 1. The summed E-state index contributed by atoms with van der Waals surface area (Å²) in [5.74, 6) is -0.781. The Morgan fingerprint density at radius 3 is 2.91 bits per heavy atom. The molecule has 1 aliphatic carbocycles. The molecule has 3 rings (SSSR count). The fourth-order valence-electron chi connectivity index (χ4n) is 2.82. The van der Waals surface area contributed by atoms with Crippen molar-refractivity contribution < 1.29 is 18.8 Å². The summed E-state index contributed by atoms with van der Waals surface area (Å²) in [6, 6.07) is 1.95. The lowest BCUT2D eigenvalue weighted by Crippen LogP contribution is -2.44. The van der Waals surface area contributed by atoms with E-state index in [-0.39, 0.29) is 17.1 Å². The molecule has 1 saturated carbocycles. The summed E-state index contributed by atoms with van der Waals surface area (Å²) in [6.45, 7) is 3.94. The van der Waals surface area contributed by atoms with E-state index in [0.717, 1.165) is 0 Å². The standard InChI is InChI=1S/C14H18ClN3O4S/c1-9-7-22-5-4-18(9)11-6-10(16-13(15)17-11)14(2-3-14)23(21)8-12(19)20/h6,9H,2-5,7-8H2,1H3,(H,19,20). The maximum absolute atomic E-state index is 12.4. The highest BCUT2D eigenvalue weighted by Gasteiger charge is 2.52. The molecular weight excluding hydrogens is 342 g/mol. The fraction of sp³-hybridized carbons (Fsp3) is 0.643. The zero-order valence-electron chi connectivity index (χ0n) is 12.7. The second-order valence-electron chi connectivity index (χ2n) is 5.88. The average molecular weight is 360 g/mol. The van der Waals surface area contributed by atoms with Crippen LogP contribution in [-0.2, 0) is 25.1 Å². The highest BCUT2D eigenvalue weighted by molar-refractivity contribution is 7.87. The molecule has 9 heteroatoms. The van der Waals surface area contributed by atoms with E-state index in [9.17, 15) is 9.00 Å². The van der Waals surface area contributed by atoms with Gasteiger partial charge in [-0.15, -0.1) is 0 Å². The zero-order valence-corrected chi connectivity index (χ0v) is 14.3. The van der Waals surface area contributed by atoms with Crippen LogP contribution in [0.4, 0.5) is 5.82 Å². The van der Waals surface area contributed by atoms with E-state index in [2.05, 4.69) is 14.9 Å². The van der Waals surface area contributed by atoms with Crippen molar-refractivity contribution in [1.29, 1.82) is 0 Å². The maximum Gasteiger partial charge on any atom is 0.316 e. The number of halogens is 1. The Labute approximate surface area is 141 Å². The average Bonchev–Trinajstić information content (AvgIpc) is 3.28. The van der Waals surface area contributed by atoms with Crippen LogP contribution < -0.4 is 4.90 Å². The number of rotatable bonds is 5. The molecule has 1 aromatic heterocycles. The summed E-state index contributed by atoms with van der Waals surface area (Å²) in [5, 5.41) is 8.99. The Bertz CT molecular complexity index is 653. The van der Waals surface area contributed by atoms with E-state index in [1.165, 1.54) is 0 Å². The minimum absolute atomic E-state index is 0.0924. The van der Waals surface area contributed by atoms with Gasteiger partial charge in [0.1, 0.15) is 11.6 Å². The molecule has 0 radical (unpaired) electrons. The molecule has 2 aliphatic rings. The van der Waals surface area contributed by atoms with Gasteiger partial charge in [-0.25, -0.2) is 9.97 Å². The summed E-state index contributed by atoms with van der Waals surface area (Å²) in [4.78, 5) is 21.5. The van der Waals surface area contributed by atoms with Gasteiger partial charge in [-0.05, 0) is 31.4 Å². The van der Waals surface area contributed by atoms with Crippen LogP contribution in [0, 0.1) is 0 Å². The third-order valence-corrected chi connectivity index (χ3v) is 6.38. The first-order valence-electron chi connectivity index (χ1n) is 7.42. The van der Waals surface area contributed by atoms with Crippen LogP contribution in [0.15, 0.2) is 6.07 Å². The molecule has 23 heavy (non-hydrogen) atoms. The van der Waals surface area contributed by atoms with Gasteiger partial charge in [0.05, 0.1) is 29.7 Å². The number of aliphatic carboxylic acids is 1. The summed E-state index contributed by atoms with van der Waals surface area (Å²) in [5.41, 5.74) is 0.575. The van der Waals surface area contributed by atoms with E-state index in [1.807, 2.05) is 6.92 Å². The van der Waals surface area contributed by atoms with Crippen molar-refractivity contribution in [3.05, 3.63) is 17.0 Å². The van der Waals surface area contributed by atoms with Crippen LogP contribution >= 0.6 is 11.6 Å². The molecule has 1 aromatic rings. The topological polar surface area (TPSA) is 92.6 Å². The Morgan fingerprint density at radius 1 is 1.57 bits per heavy atom. The lowest BCUT2D eigenvalue weighted by Gasteiger charge is -2.34. The van der Waals surface area contributed by atoms with Gasteiger partial charge in [-0.3, -0.25) is 9.00 Å². The molecule has 2 fully saturated rings. The Hall–Kier alpha value is -1.25.